The molecule has 5 aromatic rings. The van der Waals surface area contributed by atoms with Crippen molar-refractivity contribution >= 4 is 50.8 Å². The maximum Gasteiger partial charge on any atom is 0.261 e. The van der Waals surface area contributed by atoms with Gasteiger partial charge in [-0.05, 0) is 90.8 Å². The molecule has 1 heterocycles. The third-order valence-corrected chi connectivity index (χ3v) is 6.38. The van der Waals surface area contributed by atoms with Crippen LogP contribution in [0.25, 0.3) is 33.3 Å². The van der Waals surface area contributed by atoms with Gasteiger partial charge in [-0.3, -0.25) is 10.1 Å². The minimum absolute atomic E-state index is 0. The third kappa shape index (κ3) is 5.02. The molecular weight excluding hydrogens is 486 g/mol. The molecule has 8 heteroatoms. The summed E-state index contributed by atoms with van der Waals surface area (Å²) in [5.41, 5.74) is 6.69. The Morgan fingerprint density at radius 2 is 1.70 bits per heavy atom. The Bertz CT molecular complexity index is 1660. The number of rotatable bonds is 4. The van der Waals surface area contributed by atoms with Crippen molar-refractivity contribution in [2.24, 2.45) is 0 Å². The van der Waals surface area contributed by atoms with Crippen molar-refractivity contribution in [2.45, 2.75) is 20.8 Å². The van der Waals surface area contributed by atoms with E-state index in [2.05, 4.69) is 16.7 Å². The number of amides is 1. The standard InChI is InChI=1S/C29H25N3O3S.H2O/c1-16-12-17(2)26-24(13-16)30-28(35-26)21-10-7-11-23(18(21)3)31-29(36)32-27(33)22-14-19-8-5-6-9-20(19)15-25(22)34-4;/h5-15H,1-4H3,(H2,31,32,33,36);1H2. The second kappa shape index (κ2) is 10.4. The number of anilines is 1. The molecule has 1 aromatic heterocycles. The molecule has 37 heavy (non-hydrogen) atoms. The summed E-state index contributed by atoms with van der Waals surface area (Å²) in [7, 11) is 1.54. The van der Waals surface area contributed by atoms with E-state index < -0.39 is 0 Å². The summed E-state index contributed by atoms with van der Waals surface area (Å²) in [4.78, 5) is 17.8. The number of oxazole rings is 1. The van der Waals surface area contributed by atoms with E-state index >= 15 is 0 Å². The van der Waals surface area contributed by atoms with E-state index in [0.717, 1.165) is 49.8 Å². The maximum atomic E-state index is 13.1. The summed E-state index contributed by atoms with van der Waals surface area (Å²) in [6.45, 7) is 6.02. The molecule has 0 fully saturated rings. The molecule has 0 saturated heterocycles. The van der Waals surface area contributed by atoms with Gasteiger partial charge < -0.3 is 19.9 Å². The van der Waals surface area contributed by atoms with Crippen LogP contribution in [0, 0.1) is 20.8 Å². The number of hydrogen-bond donors (Lipinski definition) is 2. The van der Waals surface area contributed by atoms with E-state index in [-0.39, 0.29) is 16.5 Å². The quantitative estimate of drug-likeness (QED) is 0.290. The fraction of sp³-hybridized carbons (Fsp3) is 0.138. The fourth-order valence-electron chi connectivity index (χ4n) is 4.38. The number of benzene rings is 4. The van der Waals surface area contributed by atoms with E-state index in [0.29, 0.717) is 17.2 Å². The number of thiocarbonyl (C=S) groups is 1. The zero-order valence-electron chi connectivity index (χ0n) is 20.9. The number of hydrogen-bond acceptors (Lipinski definition) is 5. The normalized spacial score (nSPS) is 10.7. The second-order valence-corrected chi connectivity index (χ2v) is 9.14. The molecule has 0 radical (unpaired) electrons. The lowest BCUT2D eigenvalue weighted by molar-refractivity contribution is 0.0975. The molecule has 0 aliphatic rings. The lowest BCUT2D eigenvalue weighted by atomic mass is 10.1. The number of ether oxygens (including phenoxy) is 1. The summed E-state index contributed by atoms with van der Waals surface area (Å²) < 4.78 is 11.6. The fourth-order valence-corrected chi connectivity index (χ4v) is 4.59. The van der Waals surface area contributed by atoms with Crippen LogP contribution in [0.5, 0.6) is 5.75 Å². The minimum Gasteiger partial charge on any atom is -0.496 e. The Balaban J connectivity index is 0.00000320. The zero-order valence-corrected chi connectivity index (χ0v) is 21.7. The van der Waals surface area contributed by atoms with Gasteiger partial charge in [-0.2, -0.15) is 0 Å². The highest BCUT2D eigenvalue weighted by atomic mass is 32.1. The van der Waals surface area contributed by atoms with Gasteiger partial charge >= 0.3 is 0 Å². The first-order chi connectivity index (χ1) is 17.3. The van der Waals surface area contributed by atoms with Gasteiger partial charge in [0, 0.05) is 11.3 Å². The number of nitrogens with one attached hydrogen (secondary N) is 2. The minimum atomic E-state index is -0.353. The topological polar surface area (TPSA) is 108 Å². The molecule has 188 valence electrons. The van der Waals surface area contributed by atoms with Crippen molar-refractivity contribution in [2.75, 3.05) is 12.4 Å². The van der Waals surface area contributed by atoms with Crippen LogP contribution in [-0.4, -0.2) is 28.6 Å². The summed E-state index contributed by atoms with van der Waals surface area (Å²) in [5.74, 6) is 0.665. The van der Waals surface area contributed by atoms with Gasteiger partial charge in [0.1, 0.15) is 11.3 Å². The Kier molecular flexibility index (Phi) is 7.24. The number of aromatic nitrogens is 1. The van der Waals surface area contributed by atoms with Crippen LogP contribution >= 0.6 is 12.2 Å². The molecule has 0 bridgehead atoms. The highest BCUT2D eigenvalue weighted by Gasteiger charge is 2.17. The van der Waals surface area contributed by atoms with Crippen molar-refractivity contribution in [3.05, 3.63) is 89.0 Å². The molecule has 1 amide bonds. The molecular formula is C29H27N3O4S. The molecule has 0 aliphatic heterocycles. The van der Waals surface area contributed by atoms with Crippen molar-refractivity contribution in [1.82, 2.24) is 10.3 Å². The number of aryl methyl sites for hydroxylation is 2. The summed E-state index contributed by atoms with van der Waals surface area (Å²) in [5, 5.41) is 8.02. The van der Waals surface area contributed by atoms with Crippen LogP contribution in [0.3, 0.4) is 0 Å². The predicted molar refractivity (Wildman–Crippen MR) is 151 cm³/mol. The van der Waals surface area contributed by atoms with Crippen molar-refractivity contribution < 1.29 is 19.4 Å². The Morgan fingerprint density at radius 3 is 2.43 bits per heavy atom. The van der Waals surface area contributed by atoms with E-state index in [4.69, 9.17) is 26.4 Å². The first kappa shape index (κ1) is 25.8. The first-order valence-electron chi connectivity index (χ1n) is 11.5. The molecule has 4 aromatic carbocycles. The van der Waals surface area contributed by atoms with Gasteiger partial charge in [0.15, 0.2) is 10.7 Å². The number of fused-ring (bicyclic) bond motifs is 2. The van der Waals surface area contributed by atoms with Crippen LogP contribution in [0.2, 0.25) is 0 Å². The smallest absolute Gasteiger partial charge is 0.261 e. The molecule has 0 unspecified atom stereocenters. The molecule has 0 saturated carbocycles. The van der Waals surface area contributed by atoms with Crippen molar-refractivity contribution in [3.63, 3.8) is 0 Å². The van der Waals surface area contributed by atoms with Crippen LogP contribution in [0.4, 0.5) is 5.69 Å². The summed E-state index contributed by atoms with van der Waals surface area (Å²) in [6.07, 6.45) is 0. The van der Waals surface area contributed by atoms with Gasteiger partial charge in [-0.1, -0.05) is 36.4 Å². The van der Waals surface area contributed by atoms with Gasteiger partial charge in [-0.25, -0.2) is 4.98 Å². The summed E-state index contributed by atoms with van der Waals surface area (Å²) in [6, 6.07) is 21.3. The Morgan fingerprint density at radius 1 is 0.973 bits per heavy atom. The van der Waals surface area contributed by atoms with Crippen LogP contribution < -0.4 is 15.4 Å². The van der Waals surface area contributed by atoms with Gasteiger partial charge in [0.25, 0.3) is 5.91 Å². The van der Waals surface area contributed by atoms with Gasteiger partial charge in [0.2, 0.25) is 5.89 Å². The maximum absolute atomic E-state index is 13.1. The molecule has 0 spiro atoms. The van der Waals surface area contributed by atoms with Crippen molar-refractivity contribution in [3.8, 4) is 17.2 Å². The molecule has 5 rings (SSSR count). The number of methoxy groups -OCH3 is 1. The van der Waals surface area contributed by atoms with Gasteiger partial charge in [-0.15, -0.1) is 0 Å². The Labute approximate surface area is 219 Å². The third-order valence-electron chi connectivity index (χ3n) is 6.17. The highest BCUT2D eigenvalue weighted by molar-refractivity contribution is 7.80. The van der Waals surface area contributed by atoms with Gasteiger partial charge in [0.05, 0.1) is 12.7 Å². The van der Waals surface area contributed by atoms with E-state index in [9.17, 15) is 4.79 Å². The molecule has 0 atom stereocenters. The van der Waals surface area contributed by atoms with Crippen LogP contribution in [0.15, 0.2) is 71.1 Å². The van der Waals surface area contributed by atoms with Crippen LogP contribution in [0.1, 0.15) is 27.0 Å². The summed E-state index contributed by atoms with van der Waals surface area (Å²) >= 11 is 5.47. The molecule has 0 aliphatic carbocycles. The van der Waals surface area contributed by atoms with Crippen molar-refractivity contribution in [1.29, 1.82) is 0 Å². The lowest BCUT2D eigenvalue weighted by Gasteiger charge is -2.15. The SMILES string of the molecule is COc1cc2ccccc2cc1C(=O)NC(=S)Nc1cccc(-c2nc3cc(C)cc(C)c3o2)c1C.O. The predicted octanol–water partition coefficient (Wildman–Crippen LogP) is 5.88. The van der Waals surface area contributed by atoms with E-state index in [1.807, 2.05) is 75.4 Å². The molecule has 4 N–H and O–H groups in total. The lowest BCUT2D eigenvalue weighted by Crippen LogP contribution is -2.34. The Hall–Kier alpha value is -4.27. The molecule has 7 nitrogen and oxygen atoms in total. The average Bonchev–Trinajstić information content (AvgIpc) is 3.28. The first-order valence-corrected chi connectivity index (χ1v) is 11.9. The zero-order chi connectivity index (χ0) is 25.4. The number of carbonyl (C=O) groups is 1. The number of nitrogens with zero attached hydrogens (tertiary/aromatic N) is 1. The monoisotopic (exact) mass is 513 g/mol. The van der Waals surface area contributed by atoms with Crippen LogP contribution in [-0.2, 0) is 0 Å². The number of carbonyl (C=O) groups excluding carboxylic acids is 1. The van der Waals surface area contributed by atoms with E-state index in [1.165, 1.54) is 0 Å². The largest absolute Gasteiger partial charge is 0.496 e. The highest BCUT2D eigenvalue weighted by Crippen LogP contribution is 2.32. The second-order valence-electron chi connectivity index (χ2n) is 8.74. The average molecular weight is 514 g/mol. The van der Waals surface area contributed by atoms with E-state index in [1.54, 1.807) is 13.2 Å².